The second-order valence-electron chi connectivity index (χ2n) is 5.91. The fraction of sp³-hybridized carbons (Fsp3) is 0.150. The average Bonchev–Trinajstić information content (AvgIpc) is 3.05. The molecule has 2 aromatic carbocycles. The summed E-state index contributed by atoms with van der Waals surface area (Å²) in [5, 5.41) is 3.50. The van der Waals surface area contributed by atoms with Crippen molar-refractivity contribution in [2.75, 3.05) is 0 Å². The Hall–Kier alpha value is -3.01. The maximum absolute atomic E-state index is 4.75. The molecule has 0 saturated carbocycles. The number of nitrogens with zero attached hydrogens (tertiary/aromatic N) is 3. The normalized spacial score (nSPS) is 19.6. The first-order valence-electron chi connectivity index (χ1n) is 8.08. The molecule has 3 aromatic rings. The van der Waals surface area contributed by atoms with Crippen LogP contribution in [0.2, 0.25) is 0 Å². The second-order valence-corrected chi connectivity index (χ2v) is 5.91. The molecule has 4 heteroatoms. The van der Waals surface area contributed by atoms with E-state index < -0.39 is 0 Å². The van der Waals surface area contributed by atoms with Crippen LogP contribution in [-0.2, 0) is 0 Å². The third-order valence-corrected chi connectivity index (χ3v) is 4.22. The maximum atomic E-state index is 4.75. The number of nitrogens with one attached hydrogen (secondary N) is 1. The summed E-state index contributed by atoms with van der Waals surface area (Å²) < 4.78 is 0. The van der Waals surface area contributed by atoms with E-state index >= 15 is 0 Å². The Morgan fingerprint density at radius 1 is 0.792 bits per heavy atom. The Kier molecular flexibility index (Phi) is 3.79. The zero-order valence-electron chi connectivity index (χ0n) is 13.4. The van der Waals surface area contributed by atoms with E-state index in [1.54, 1.807) is 0 Å². The van der Waals surface area contributed by atoms with Gasteiger partial charge in [-0.05, 0) is 6.92 Å². The minimum Gasteiger partial charge on any atom is -0.361 e. The van der Waals surface area contributed by atoms with Crippen LogP contribution in [0, 0.1) is 0 Å². The summed E-state index contributed by atoms with van der Waals surface area (Å²) in [4.78, 5) is 13.8. The highest BCUT2D eigenvalue weighted by Crippen LogP contribution is 2.25. The summed E-state index contributed by atoms with van der Waals surface area (Å²) >= 11 is 0. The van der Waals surface area contributed by atoms with Crippen molar-refractivity contribution in [1.29, 1.82) is 0 Å². The molecular weight excluding hydrogens is 296 g/mol. The van der Waals surface area contributed by atoms with E-state index in [1.165, 1.54) is 0 Å². The molecule has 0 fully saturated rings. The summed E-state index contributed by atoms with van der Waals surface area (Å²) in [5.74, 6) is 1.68. The molecule has 1 aromatic heterocycles. The Bertz CT molecular complexity index is 842. The predicted molar refractivity (Wildman–Crippen MR) is 95.8 cm³/mol. The molecule has 0 amide bonds. The lowest BCUT2D eigenvalue weighted by Crippen LogP contribution is -2.26. The van der Waals surface area contributed by atoms with Gasteiger partial charge in [0.25, 0.3) is 0 Å². The lowest BCUT2D eigenvalue weighted by atomic mass is 10.1. The zero-order valence-corrected chi connectivity index (χ0v) is 13.4. The molecule has 4 nitrogen and oxygen atoms in total. The van der Waals surface area contributed by atoms with Gasteiger partial charge in [0, 0.05) is 29.1 Å². The number of rotatable bonds is 3. The summed E-state index contributed by atoms with van der Waals surface area (Å²) in [5.41, 5.74) is 3.18. The van der Waals surface area contributed by atoms with Gasteiger partial charge in [-0.1, -0.05) is 60.7 Å². The largest absolute Gasteiger partial charge is 0.361 e. The second kappa shape index (κ2) is 6.24. The quantitative estimate of drug-likeness (QED) is 0.803. The third-order valence-electron chi connectivity index (χ3n) is 4.22. The van der Waals surface area contributed by atoms with Crippen molar-refractivity contribution >= 4 is 5.84 Å². The molecular formula is C20H18N4. The van der Waals surface area contributed by atoms with Crippen molar-refractivity contribution in [3.63, 3.8) is 0 Å². The average molecular weight is 314 g/mol. The number of amidine groups is 1. The first-order chi connectivity index (χ1) is 11.8. The van der Waals surface area contributed by atoms with Crippen LogP contribution >= 0.6 is 0 Å². The Labute approximate surface area is 141 Å². The molecule has 0 bridgehead atoms. The van der Waals surface area contributed by atoms with E-state index in [9.17, 15) is 0 Å². The molecule has 2 heterocycles. The van der Waals surface area contributed by atoms with Crippen LogP contribution < -0.4 is 5.32 Å². The van der Waals surface area contributed by atoms with Gasteiger partial charge in [0.1, 0.15) is 5.84 Å². The van der Waals surface area contributed by atoms with Crippen LogP contribution in [0.5, 0.6) is 0 Å². The predicted octanol–water partition coefficient (Wildman–Crippen LogP) is 3.62. The lowest BCUT2D eigenvalue weighted by molar-refractivity contribution is 0.581. The highest BCUT2D eigenvalue weighted by atomic mass is 15.1. The molecule has 24 heavy (non-hydrogen) atoms. The molecule has 0 spiro atoms. The summed E-state index contributed by atoms with van der Waals surface area (Å²) in [6.45, 7) is 2.11. The zero-order chi connectivity index (χ0) is 16.4. The molecule has 1 N–H and O–H groups in total. The lowest BCUT2D eigenvalue weighted by Gasteiger charge is -2.15. The van der Waals surface area contributed by atoms with Crippen LogP contribution in [0.25, 0.3) is 11.4 Å². The fourth-order valence-electron chi connectivity index (χ4n) is 2.93. The highest BCUT2D eigenvalue weighted by Gasteiger charge is 2.27. The molecule has 2 atom stereocenters. The molecule has 118 valence electrons. The van der Waals surface area contributed by atoms with Crippen molar-refractivity contribution in [3.05, 3.63) is 84.2 Å². The molecule has 0 saturated heterocycles. The topological polar surface area (TPSA) is 50.2 Å². The third kappa shape index (κ3) is 2.78. The van der Waals surface area contributed by atoms with Gasteiger partial charge >= 0.3 is 0 Å². The Morgan fingerprint density at radius 3 is 2.00 bits per heavy atom. The van der Waals surface area contributed by atoms with E-state index in [-0.39, 0.29) is 12.1 Å². The van der Waals surface area contributed by atoms with Crippen LogP contribution in [0.4, 0.5) is 0 Å². The number of aromatic nitrogens is 2. The van der Waals surface area contributed by atoms with Gasteiger partial charge in [0.15, 0.2) is 5.82 Å². The highest BCUT2D eigenvalue weighted by molar-refractivity contribution is 6.00. The standard InChI is InChI=1S/C20H18N4/c1-14-18(24-20(23-14)16-10-6-3-7-11-16)17-12-21-19(22-13-17)15-8-4-2-5-9-15/h2-14,18H,1H3,(H,23,24). The van der Waals surface area contributed by atoms with E-state index in [0.29, 0.717) is 0 Å². The molecule has 4 rings (SSSR count). The van der Waals surface area contributed by atoms with E-state index in [1.807, 2.05) is 60.9 Å². The SMILES string of the molecule is CC1N=C(c2ccccc2)NC1c1cnc(-c2ccccc2)nc1. The number of hydrogen-bond donors (Lipinski definition) is 1. The molecule has 1 aliphatic rings. The molecule has 0 aliphatic carbocycles. The van der Waals surface area contributed by atoms with Crippen LogP contribution in [-0.4, -0.2) is 21.8 Å². The van der Waals surface area contributed by atoms with Gasteiger partial charge in [-0.2, -0.15) is 0 Å². The van der Waals surface area contributed by atoms with Crippen molar-refractivity contribution in [2.24, 2.45) is 4.99 Å². The smallest absolute Gasteiger partial charge is 0.159 e. The van der Waals surface area contributed by atoms with Gasteiger partial charge in [0.05, 0.1) is 12.1 Å². The number of benzene rings is 2. The maximum Gasteiger partial charge on any atom is 0.159 e. The fourth-order valence-corrected chi connectivity index (χ4v) is 2.93. The van der Waals surface area contributed by atoms with Crippen molar-refractivity contribution in [2.45, 2.75) is 19.0 Å². The summed E-state index contributed by atoms with van der Waals surface area (Å²) in [7, 11) is 0. The molecule has 2 unspecified atom stereocenters. The Balaban J connectivity index is 1.55. The van der Waals surface area contributed by atoms with E-state index in [0.717, 1.165) is 28.4 Å². The number of hydrogen-bond acceptors (Lipinski definition) is 4. The first-order valence-corrected chi connectivity index (χ1v) is 8.08. The van der Waals surface area contributed by atoms with Gasteiger partial charge in [-0.3, -0.25) is 4.99 Å². The van der Waals surface area contributed by atoms with Crippen LogP contribution in [0.15, 0.2) is 78.0 Å². The van der Waals surface area contributed by atoms with Crippen molar-refractivity contribution in [1.82, 2.24) is 15.3 Å². The molecule has 1 aliphatic heterocycles. The summed E-state index contributed by atoms with van der Waals surface area (Å²) in [6, 6.07) is 20.4. The van der Waals surface area contributed by atoms with E-state index in [2.05, 4.69) is 34.3 Å². The minimum atomic E-state index is 0.102. The van der Waals surface area contributed by atoms with Crippen LogP contribution in [0.1, 0.15) is 24.1 Å². The first kappa shape index (κ1) is 14.6. The number of aliphatic imine (C=N–C) groups is 1. The van der Waals surface area contributed by atoms with E-state index in [4.69, 9.17) is 4.99 Å². The van der Waals surface area contributed by atoms with Gasteiger partial charge in [-0.15, -0.1) is 0 Å². The van der Waals surface area contributed by atoms with Crippen molar-refractivity contribution in [3.8, 4) is 11.4 Å². The monoisotopic (exact) mass is 314 g/mol. The Morgan fingerprint density at radius 2 is 1.38 bits per heavy atom. The van der Waals surface area contributed by atoms with Gasteiger partial charge in [-0.25, -0.2) is 9.97 Å². The van der Waals surface area contributed by atoms with Gasteiger partial charge < -0.3 is 5.32 Å². The van der Waals surface area contributed by atoms with Crippen LogP contribution in [0.3, 0.4) is 0 Å². The van der Waals surface area contributed by atoms with Gasteiger partial charge in [0.2, 0.25) is 0 Å². The van der Waals surface area contributed by atoms with Crippen molar-refractivity contribution < 1.29 is 0 Å². The summed E-state index contributed by atoms with van der Waals surface area (Å²) in [6.07, 6.45) is 3.79. The minimum absolute atomic E-state index is 0.102. The molecule has 0 radical (unpaired) electrons.